The van der Waals surface area contributed by atoms with Crippen LogP contribution in [0.25, 0.3) is 0 Å². The van der Waals surface area contributed by atoms with Crippen molar-refractivity contribution in [1.82, 2.24) is 30.0 Å². The fraction of sp³-hybridized carbons (Fsp3) is 0.533. The molecule has 122 valence electrons. The van der Waals surface area contributed by atoms with Crippen LogP contribution in [0.4, 0.5) is 5.82 Å². The van der Waals surface area contributed by atoms with Crippen molar-refractivity contribution in [2.75, 3.05) is 18.0 Å². The number of nitrogens with one attached hydrogen (secondary N) is 1. The number of carbonyl (C=O) groups excluding carboxylic acids is 1. The zero-order chi connectivity index (χ0) is 16.4. The number of anilines is 1. The van der Waals surface area contributed by atoms with Crippen LogP contribution < -0.4 is 10.2 Å². The minimum Gasteiger partial charge on any atom is -0.356 e. The van der Waals surface area contributed by atoms with E-state index in [2.05, 4.69) is 30.3 Å². The van der Waals surface area contributed by atoms with Gasteiger partial charge in [0.25, 0.3) is 5.91 Å². The number of hydrogen-bond donors (Lipinski definition) is 1. The van der Waals surface area contributed by atoms with E-state index >= 15 is 0 Å². The van der Waals surface area contributed by atoms with Crippen LogP contribution in [-0.2, 0) is 7.05 Å². The van der Waals surface area contributed by atoms with E-state index < -0.39 is 0 Å². The van der Waals surface area contributed by atoms with Crippen molar-refractivity contribution in [2.45, 2.75) is 32.7 Å². The maximum absolute atomic E-state index is 12.1. The predicted octanol–water partition coefficient (Wildman–Crippen LogP) is 0.621. The van der Waals surface area contributed by atoms with E-state index in [0.717, 1.165) is 43.3 Å². The summed E-state index contributed by atoms with van der Waals surface area (Å²) in [6, 6.07) is 2.15. The van der Waals surface area contributed by atoms with E-state index in [1.807, 2.05) is 19.9 Å². The third kappa shape index (κ3) is 3.64. The summed E-state index contributed by atoms with van der Waals surface area (Å²) in [6.07, 6.45) is 3.28. The third-order valence-electron chi connectivity index (χ3n) is 3.91. The van der Waals surface area contributed by atoms with Gasteiger partial charge in [0.15, 0.2) is 0 Å². The van der Waals surface area contributed by atoms with Gasteiger partial charge in [0, 0.05) is 37.9 Å². The lowest BCUT2D eigenvalue weighted by atomic mass is 10.0. The molecule has 3 rings (SSSR count). The Morgan fingerprint density at radius 3 is 2.61 bits per heavy atom. The Bertz CT molecular complexity index is 683. The maximum Gasteiger partial charge on any atom is 0.291 e. The number of piperidine rings is 1. The zero-order valence-corrected chi connectivity index (χ0v) is 13.7. The van der Waals surface area contributed by atoms with Crippen LogP contribution in [0, 0.1) is 13.8 Å². The molecule has 0 radical (unpaired) electrons. The van der Waals surface area contributed by atoms with Gasteiger partial charge in [-0.15, -0.1) is 5.10 Å². The third-order valence-corrected chi connectivity index (χ3v) is 3.91. The topological polar surface area (TPSA) is 88.8 Å². The van der Waals surface area contributed by atoms with Gasteiger partial charge in [0.05, 0.1) is 0 Å². The number of nitrogens with zero attached hydrogens (tertiary/aromatic N) is 6. The monoisotopic (exact) mass is 315 g/mol. The lowest BCUT2D eigenvalue weighted by molar-refractivity contribution is 0.0920. The Morgan fingerprint density at radius 1 is 1.26 bits per heavy atom. The maximum atomic E-state index is 12.1. The molecule has 1 fully saturated rings. The molecule has 23 heavy (non-hydrogen) atoms. The number of aryl methyl sites for hydroxylation is 3. The molecule has 1 aliphatic rings. The Kier molecular flexibility index (Phi) is 4.22. The summed E-state index contributed by atoms with van der Waals surface area (Å²) in [5.41, 5.74) is 0.976. The molecule has 0 unspecified atom stereocenters. The van der Waals surface area contributed by atoms with Crippen molar-refractivity contribution in [1.29, 1.82) is 0 Å². The summed E-state index contributed by atoms with van der Waals surface area (Å²) in [7, 11) is 1.74. The minimum atomic E-state index is -0.210. The van der Waals surface area contributed by atoms with Gasteiger partial charge in [-0.1, -0.05) is 0 Å². The highest BCUT2D eigenvalue weighted by Gasteiger charge is 2.23. The molecule has 0 saturated carbocycles. The first kappa shape index (κ1) is 15.4. The average Bonchev–Trinajstić information content (AvgIpc) is 2.94. The zero-order valence-electron chi connectivity index (χ0n) is 13.7. The molecule has 0 bridgehead atoms. The second kappa shape index (κ2) is 6.31. The number of amides is 1. The summed E-state index contributed by atoms with van der Waals surface area (Å²) in [5, 5.41) is 7.03. The van der Waals surface area contributed by atoms with Crippen LogP contribution in [-0.4, -0.2) is 49.8 Å². The molecule has 2 aromatic rings. The smallest absolute Gasteiger partial charge is 0.291 e. The number of carbonyl (C=O) groups is 1. The van der Waals surface area contributed by atoms with Gasteiger partial charge in [-0.05, 0) is 26.7 Å². The van der Waals surface area contributed by atoms with E-state index in [-0.39, 0.29) is 17.8 Å². The summed E-state index contributed by atoms with van der Waals surface area (Å²) in [4.78, 5) is 27.1. The number of hydrogen-bond acceptors (Lipinski definition) is 6. The van der Waals surface area contributed by atoms with Crippen molar-refractivity contribution < 1.29 is 4.79 Å². The molecule has 1 saturated heterocycles. The number of rotatable bonds is 3. The molecular weight excluding hydrogens is 294 g/mol. The lowest BCUT2D eigenvalue weighted by Crippen LogP contribution is -2.45. The van der Waals surface area contributed by atoms with Crippen LogP contribution in [0.2, 0.25) is 0 Å². The van der Waals surface area contributed by atoms with Crippen LogP contribution in [0.1, 0.15) is 35.0 Å². The molecule has 1 amide bonds. The van der Waals surface area contributed by atoms with Crippen molar-refractivity contribution in [3.8, 4) is 0 Å². The normalized spacial score (nSPS) is 15.7. The minimum absolute atomic E-state index is 0.145. The molecule has 8 nitrogen and oxygen atoms in total. The highest BCUT2D eigenvalue weighted by Crippen LogP contribution is 2.19. The molecule has 1 N–H and O–H groups in total. The van der Waals surface area contributed by atoms with E-state index in [1.165, 1.54) is 11.0 Å². The molecule has 0 aliphatic carbocycles. The van der Waals surface area contributed by atoms with Crippen LogP contribution in [0.15, 0.2) is 12.4 Å². The molecule has 1 aliphatic heterocycles. The first-order valence-corrected chi connectivity index (χ1v) is 7.75. The van der Waals surface area contributed by atoms with Gasteiger partial charge >= 0.3 is 0 Å². The predicted molar refractivity (Wildman–Crippen MR) is 85.2 cm³/mol. The van der Waals surface area contributed by atoms with Crippen molar-refractivity contribution in [2.24, 2.45) is 7.05 Å². The lowest BCUT2D eigenvalue weighted by Gasteiger charge is -2.33. The van der Waals surface area contributed by atoms with Crippen LogP contribution in [0.3, 0.4) is 0 Å². The largest absolute Gasteiger partial charge is 0.356 e. The van der Waals surface area contributed by atoms with Gasteiger partial charge in [-0.3, -0.25) is 9.48 Å². The Balaban J connectivity index is 1.57. The molecule has 0 aromatic carbocycles. The van der Waals surface area contributed by atoms with E-state index in [4.69, 9.17) is 0 Å². The van der Waals surface area contributed by atoms with Crippen molar-refractivity contribution in [3.63, 3.8) is 0 Å². The Morgan fingerprint density at radius 2 is 2.00 bits per heavy atom. The summed E-state index contributed by atoms with van der Waals surface area (Å²) >= 11 is 0. The fourth-order valence-electron chi connectivity index (χ4n) is 2.81. The van der Waals surface area contributed by atoms with E-state index in [0.29, 0.717) is 0 Å². The quantitative estimate of drug-likeness (QED) is 0.893. The highest BCUT2D eigenvalue weighted by molar-refractivity contribution is 5.90. The Hall–Kier alpha value is -2.51. The van der Waals surface area contributed by atoms with Gasteiger partial charge in [0.1, 0.15) is 18.0 Å². The van der Waals surface area contributed by atoms with Gasteiger partial charge in [0.2, 0.25) is 5.82 Å². The summed E-state index contributed by atoms with van der Waals surface area (Å²) in [5.74, 6) is 1.76. The SMILES string of the molecule is Cc1cc(N2CCC(NC(=O)c3ncn(C)n3)CC2)nc(C)n1. The molecule has 3 heterocycles. The van der Waals surface area contributed by atoms with Gasteiger partial charge in [-0.2, -0.15) is 0 Å². The van der Waals surface area contributed by atoms with Gasteiger partial charge < -0.3 is 10.2 Å². The van der Waals surface area contributed by atoms with E-state index in [9.17, 15) is 4.79 Å². The first-order valence-electron chi connectivity index (χ1n) is 7.75. The molecule has 0 spiro atoms. The second-order valence-electron chi connectivity index (χ2n) is 5.89. The fourth-order valence-corrected chi connectivity index (χ4v) is 2.81. The first-order chi connectivity index (χ1) is 11.0. The molecule has 8 heteroatoms. The van der Waals surface area contributed by atoms with E-state index in [1.54, 1.807) is 7.05 Å². The van der Waals surface area contributed by atoms with Crippen molar-refractivity contribution in [3.05, 3.63) is 29.7 Å². The molecule has 0 atom stereocenters. The Labute approximate surface area is 135 Å². The summed E-state index contributed by atoms with van der Waals surface area (Å²) in [6.45, 7) is 5.60. The van der Waals surface area contributed by atoms with Crippen LogP contribution in [0.5, 0.6) is 0 Å². The van der Waals surface area contributed by atoms with Gasteiger partial charge in [-0.25, -0.2) is 15.0 Å². The highest BCUT2D eigenvalue weighted by atomic mass is 16.2. The standard InChI is InChI=1S/C15H21N7O/c1-10-8-13(18-11(2)17-10)22-6-4-12(5-7-22)19-15(23)14-16-9-21(3)20-14/h8-9,12H,4-7H2,1-3H3,(H,19,23). The van der Waals surface area contributed by atoms with Crippen molar-refractivity contribution >= 4 is 11.7 Å². The average molecular weight is 315 g/mol. The molecule has 2 aromatic heterocycles. The van der Waals surface area contributed by atoms with Crippen LogP contribution >= 0.6 is 0 Å². The second-order valence-corrected chi connectivity index (χ2v) is 5.89. The molecular formula is C15H21N7O. The summed E-state index contributed by atoms with van der Waals surface area (Å²) < 4.78 is 1.53. The number of aromatic nitrogens is 5.